The van der Waals surface area contributed by atoms with Gasteiger partial charge in [-0.1, -0.05) is 17.9 Å². The minimum absolute atomic E-state index is 0.0680. The number of nitrogens with one attached hydrogen (secondary N) is 1. The number of benzene rings is 1. The maximum atomic E-state index is 13.6. The molecule has 1 N–H and O–H groups in total. The fourth-order valence-electron chi connectivity index (χ4n) is 5.95. The van der Waals surface area contributed by atoms with E-state index in [1.165, 1.54) is 17.7 Å². The molecular formula is C28H33F6N7. The predicted molar refractivity (Wildman–Crippen MR) is 141 cm³/mol. The van der Waals surface area contributed by atoms with Gasteiger partial charge in [-0.3, -0.25) is 0 Å². The molecule has 2 aromatic heterocycles. The van der Waals surface area contributed by atoms with Gasteiger partial charge < -0.3 is 9.80 Å². The van der Waals surface area contributed by atoms with E-state index in [1.54, 1.807) is 0 Å². The molecule has 0 unspecified atom stereocenters. The Morgan fingerprint density at radius 2 is 1.54 bits per heavy atom. The van der Waals surface area contributed by atoms with Crippen molar-refractivity contribution in [1.29, 1.82) is 0 Å². The fraction of sp³-hybridized carbons (Fsp3) is 0.571. The SMILES string of the molecule is CCN(CC1CCCC1)c1nc2c(cc1CN(Cc1cc(C(F)(F)F)cc(C(F)(F)F)c1)c1nn[nH]n1)CCCC2. The number of fused-ring (bicyclic) bond motifs is 1. The Labute approximate surface area is 234 Å². The Hall–Kier alpha value is -3.38. The molecule has 1 saturated carbocycles. The van der Waals surface area contributed by atoms with Gasteiger partial charge in [0.05, 0.1) is 11.1 Å². The van der Waals surface area contributed by atoms with Crippen LogP contribution in [0.3, 0.4) is 0 Å². The minimum atomic E-state index is -4.94. The molecule has 2 aliphatic rings. The number of hydrogen-bond acceptors (Lipinski definition) is 6. The molecule has 0 radical (unpaired) electrons. The smallest absolute Gasteiger partial charge is 0.356 e. The number of aromatic amines is 1. The molecule has 41 heavy (non-hydrogen) atoms. The van der Waals surface area contributed by atoms with Crippen molar-refractivity contribution in [3.05, 3.63) is 57.8 Å². The third kappa shape index (κ3) is 6.92. The number of H-pyrrole nitrogens is 1. The minimum Gasteiger partial charge on any atom is -0.356 e. The molecule has 0 bridgehead atoms. The lowest BCUT2D eigenvalue weighted by molar-refractivity contribution is -0.143. The molecule has 2 heterocycles. The van der Waals surface area contributed by atoms with Crippen molar-refractivity contribution in [2.24, 2.45) is 5.92 Å². The van der Waals surface area contributed by atoms with E-state index in [4.69, 9.17) is 4.98 Å². The summed E-state index contributed by atoms with van der Waals surface area (Å²) in [5, 5.41) is 14.0. The summed E-state index contributed by atoms with van der Waals surface area (Å²) in [5.74, 6) is 1.42. The van der Waals surface area contributed by atoms with Gasteiger partial charge in [0.1, 0.15) is 5.82 Å². The van der Waals surface area contributed by atoms with Crippen molar-refractivity contribution in [3.8, 4) is 0 Å². The number of aromatic nitrogens is 5. The molecule has 0 amide bonds. The number of alkyl halides is 6. The maximum Gasteiger partial charge on any atom is 0.416 e. The zero-order chi connectivity index (χ0) is 29.2. The Morgan fingerprint density at radius 1 is 0.854 bits per heavy atom. The lowest BCUT2D eigenvalue weighted by Gasteiger charge is -2.31. The molecule has 7 nitrogen and oxygen atoms in total. The van der Waals surface area contributed by atoms with Crippen LogP contribution in [0.15, 0.2) is 24.3 Å². The van der Waals surface area contributed by atoms with Gasteiger partial charge in [-0.05, 0) is 92.0 Å². The topological polar surface area (TPSA) is 73.8 Å². The highest BCUT2D eigenvalue weighted by Crippen LogP contribution is 2.37. The van der Waals surface area contributed by atoms with Gasteiger partial charge in [-0.2, -0.15) is 31.6 Å². The van der Waals surface area contributed by atoms with Gasteiger partial charge >= 0.3 is 12.4 Å². The molecule has 0 aliphatic heterocycles. The number of pyridine rings is 1. The second-order valence-electron chi connectivity index (χ2n) is 11.0. The summed E-state index contributed by atoms with van der Waals surface area (Å²) in [5.41, 5.74) is 0.124. The zero-order valence-electron chi connectivity index (χ0n) is 22.8. The van der Waals surface area contributed by atoms with Gasteiger partial charge in [0.2, 0.25) is 0 Å². The molecule has 0 saturated heterocycles. The highest BCUT2D eigenvalue weighted by atomic mass is 19.4. The van der Waals surface area contributed by atoms with Crippen molar-refractivity contribution in [1.82, 2.24) is 25.6 Å². The number of anilines is 2. The van der Waals surface area contributed by atoms with E-state index in [2.05, 4.69) is 38.5 Å². The van der Waals surface area contributed by atoms with Crippen LogP contribution in [-0.2, 0) is 38.3 Å². The van der Waals surface area contributed by atoms with E-state index in [-0.39, 0.29) is 30.7 Å². The van der Waals surface area contributed by atoms with Crippen LogP contribution in [0.1, 0.15) is 79.0 Å². The molecule has 1 fully saturated rings. The summed E-state index contributed by atoms with van der Waals surface area (Å²) in [6.45, 7) is 3.48. The number of nitrogens with zero attached hydrogens (tertiary/aromatic N) is 6. The van der Waals surface area contributed by atoms with Crippen molar-refractivity contribution in [2.75, 3.05) is 22.9 Å². The largest absolute Gasteiger partial charge is 0.416 e. The molecule has 13 heteroatoms. The van der Waals surface area contributed by atoms with Gasteiger partial charge in [-0.15, -0.1) is 5.10 Å². The Morgan fingerprint density at radius 3 is 2.15 bits per heavy atom. The van der Waals surface area contributed by atoms with Gasteiger partial charge in [0.15, 0.2) is 0 Å². The van der Waals surface area contributed by atoms with Crippen molar-refractivity contribution in [2.45, 2.75) is 83.7 Å². The van der Waals surface area contributed by atoms with E-state index in [0.29, 0.717) is 5.92 Å². The van der Waals surface area contributed by atoms with E-state index in [0.717, 1.165) is 86.4 Å². The maximum absolute atomic E-state index is 13.6. The molecule has 0 atom stereocenters. The number of hydrogen-bond donors (Lipinski definition) is 1. The molecule has 5 rings (SSSR count). The van der Waals surface area contributed by atoms with Gasteiger partial charge in [0.25, 0.3) is 5.95 Å². The number of halogens is 6. The standard InChI is InChI=1S/C28H33F6N7/c1-2-40(15-18-7-3-4-8-18)25-21(13-20-9-5-6-10-24(20)35-25)17-41(26-36-38-39-37-26)16-19-11-22(27(29,30)31)14-23(12-19)28(32,33)34/h11-14,18H,2-10,15-17H2,1H3,(H,36,37,38,39). The second-order valence-corrected chi connectivity index (χ2v) is 11.0. The summed E-state index contributed by atoms with van der Waals surface area (Å²) >= 11 is 0. The highest BCUT2D eigenvalue weighted by Gasteiger charge is 2.37. The van der Waals surface area contributed by atoms with Crippen molar-refractivity contribution < 1.29 is 26.3 Å². The zero-order valence-corrected chi connectivity index (χ0v) is 22.8. The van der Waals surface area contributed by atoms with Crippen molar-refractivity contribution >= 4 is 11.8 Å². The summed E-state index contributed by atoms with van der Waals surface area (Å²) in [7, 11) is 0. The highest BCUT2D eigenvalue weighted by molar-refractivity contribution is 5.53. The van der Waals surface area contributed by atoms with Crippen LogP contribution in [-0.4, -0.2) is 38.7 Å². The molecule has 3 aromatic rings. The van der Waals surface area contributed by atoms with Crippen molar-refractivity contribution in [3.63, 3.8) is 0 Å². The predicted octanol–water partition coefficient (Wildman–Crippen LogP) is 6.73. The normalized spacial score (nSPS) is 16.2. The summed E-state index contributed by atoms with van der Waals surface area (Å²) in [6.07, 6.45) is -1.33. The number of aryl methyl sites for hydroxylation is 2. The van der Waals surface area contributed by atoms with Gasteiger partial charge in [-0.25, -0.2) is 4.98 Å². The molecule has 1 aromatic carbocycles. The summed E-state index contributed by atoms with van der Waals surface area (Å²) in [6, 6.07) is 3.71. The van der Waals surface area contributed by atoms with Crippen LogP contribution in [0.2, 0.25) is 0 Å². The summed E-state index contributed by atoms with van der Waals surface area (Å²) in [4.78, 5) is 8.89. The lowest BCUT2D eigenvalue weighted by atomic mass is 9.94. The van der Waals surface area contributed by atoms with Crippen LogP contribution >= 0.6 is 0 Å². The Balaban J connectivity index is 1.53. The average Bonchev–Trinajstić information content (AvgIpc) is 3.65. The monoisotopic (exact) mass is 581 g/mol. The summed E-state index contributed by atoms with van der Waals surface area (Å²) < 4.78 is 81.4. The Kier molecular flexibility index (Phi) is 8.42. The van der Waals surface area contributed by atoms with Crippen LogP contribution in [0.5, 0.6) is 0 Å². The quantitative estimate of drug-likeness (QED) is 0.283. The van der Waals surface area contributed by atoms with Crippen LogP contribution < -0.4 is 9.80 Å². The third-order valence-corrected chi connectivity index (χ3v) is 7.99. The van der Waals surface area contributed by atoms with E-state index < -0.39 is 23.5 Å². The number of tetrazole rings is 1. The molecule has 2 aliphatic carbocycles. The van der Waals surface area contributed by atoms with Gasteiger partial charge in [0, 0.05) is 37.4 Å². The molecule has 0 spiro atoms. The first-order chi connectivity index (χ1) is 19.5. The van der Waals surface area contributed by atoms with Crippen LogP contribution in [0, 0.1) is 5.92 Å². The first kappa shape index (κ1) is 29.1. The average molecular weight is 582 g/mol. The van der Waals surface area contributed by atoms with E-state index >= 15 is 0 Å². The molecular weight excluding hydrogens is 548 g/mol. The fourth-order valence-corrected chi connectivity index (χ4v) is 5.95. The van der Waals surface area contributed by atoms with Crippen LogP contribution in [0.25, 0.3) is 0 Å². The first-order valence-corrected chi connectivity index (χ1v) is 14.0. The number of rotatable bonds is 9. The van der Waals surface area contributed by atoms with E-state index in [1.807, 2.05) is 0 Å². The molecule has 222 valence electrons. The van der Waals surface area contributed by atoms with Crippen LogP contribution in [0.4, 0.5) is 38.1 Å². The van der Waals surface area contributed by atoms with E-state index in [9.17, 15) is 26.3 Å². The lowest BCUT2D eigenvalue weighted by Crippen LogP contribution is -2.32. The Bertz CT molecular complexity index is 1280. The second kappa shape index (κ2) is 11.8. The third-order valence-electron chi connectivity index (χ3n) is 7.99. The first-order valence-electron chi connectivity index (χ1n) is 14.0.